The molecule has 1 unspecified atom stereocenters. The van der Waals surface area contributed by atoms with Gasteiger partial charge in [-0.3, -0.25) is 9.00 Å². The topological polar surface area (TPSA) is 58.6 Å². The zero-order valence-electron chi connectivity index (χ0n) is 10.9. The third-order valence-corrected chi connectivity index (χ3v) is 4.78. The van der Waals surface area contributed by atoms with E-state index in [1.54, 1.807) is 0 Å². The van der Waals surface area contributed by atoms with Crippen LogP contribution in [0.1, 0.15) is 19.3 Å². The lowest BCUT2D eigenvalue weighted by Crippen LogP contribution is -2.44. The molecule has 1 heterocycles. The predicted octanol–water partition coefficient (Wildman–Crippen LogP) is -0.266. The smallest absolute Gasteiger partial charge is 0.322 e. The summed E-state index contributed by atoms with van der Waals surface area (Å²) in [5.74, 6) is 1.36. The summed E-state index contributed by atoms with van der Waals surface area (Å²) < 4.78 is 16.1. The molecule has 1 N–H and O–H groups in total. The summed E-state index contributed by atoms with van der Waals surface area (Å²) in [5, 5.41) is 3.33. The minimum atomic E-state index is -0.634. The number of methoxy groups -OCH3 is 1. The number of rotatable bonds is 6. The molecule has 1 saturated heterocycles. The van der Waals surface area contributed by atoms with E-state index in [0.29, 0.717) is 6.04 Å². The Morgan fingerprint density at radius 1 is 1.44 bits per heavy atom. The maximum absolute atomic E-state index is 11.6. The maximum Gasteiger partial charge on any atom is 0.322 e. The number of esters is 1. The summed E-state index contributed by atoms with van der Waals surface area (Å²) >= 11 is 0. The third kappa shape index (κ3) is 4.33. The van der Waals surface area contributed by atoms with Gasteiger partial charge in [-0.05, 0) is 19.3 Å². The van der Waals surface area contributed by atoms with Crippen LogP contribution in [0, 0.1) is 0 Å². The quantitative estimate of drug-likeness (QED) is 0.676. The van der Waals surface area contributed by atoms with Crippen molar-refractivity contribution in [1.29, 1.82) is 0 Å². The van der Waals surface area contributed by atoms with E-state index in [-0.39, 0.29) is 12.0 Å². The van der Waals surface area contributed by atoms with Gasteiger partial charge in [0.05, 0.1) is 7.11 Å². The van der Waals surface area contributed by atoms with E-state index in [4.69, 9.17) is 4.74 Å². The van der Waals surface area contributed by atoms with Crippen molar-refractivity contribution >= 4 is 16.8 Å². The summed E-state index contributed by atoms with van der Waals surface area (Å²) in [7, 11) is 0.805. The van der Waals surface area contributed by atoms with Crippen molar-refractivity contribution < 1.29 is 13.7 Å². The zero-order chi connectivity index (χ0) is 13.0. The molecule has 0 spiro atoms. The molecule has 1 atom stereocenters. The van der Waals surface area contributed by atoms with Gasteiger partial charge in [-0.15, -0.1) is 0 Å². The summed E-state index contributed by atoms with van der Waals surface area (Å²) in [4.78, 5) is 13.9. The van der Waals surface area contributed by atoms with Crippen molar-refractivity contribution in [2.24, 2.45) is 0 Å². The Morgan fingerprint density at radius 2 is 2.11 bits per heavy atom. The van der Waals surface area contributed by atoms with Crippen LogP contribution in [0.3, 0.4) is 0 Å². The van der Waals surface area contributed by atoms with Crippen molar-refractivity contribution in [2.45, 2.75) is 31.3 Å². The molecule has 5 nitrogen and oxygen atoms in total. The molecule has 18 heavy (non-hydrogen) atoms. The van der Waals surface area contributed by atoms with Gasteiger partial charge in [-0.2, -0.15) is 0 Å². The lowest BCUT2D eigenvalue weighted by molar-refractivity contribution is -0.143. The Balaban J connectivity index is 1.73. The number of ether oxygens (including phenoxy) is 1. The molecule has 2 rings (SSSR count). The summed E-state index contributed by atoms with van der Waals surface area (Å²) in [6.45, 7) is 2.63. The monoisotopic (exact) mass is 274 g/mol. The first-order valence-electron chi connectivity index (χ1n) is 6.60. The first-order valence-corrected chi connectivity index (χ1v) is 8.09. The van der Waals surface area contributed by atoms with Crippen molar-refractivity contribution in [3.8, 4) is 0 Å². The fourth-order valence-corrected chi connectivity index (χ4v) is 3.28. The summed E-state index contributed by atoms with van der Waals surface area (Å²) in [6, 6.07) is 0.317. The lowest BCUT2D eigenvalue weighted by Gasteiger charge is -2.27. The number of nitrogens with one attached hydrogen (secondary N) is 1. The van der Waals surface area contributed by atoms with Gasteiger partial charge in [0.15, 0.2) is 0 Å². The van der Waals surface area contributed by atoms with E-state index in [2.05, 4.69) is 10.2 Å². The number of nitrogens with zero attached hydrogens (tertiary/aromatic N) is 1. The van der Waals surface area contributed by atoms with Gasteiger partial charge in [-0.25, -0.2) is 0 Å². The molecule has 1 aliphatic heterocycles. The van der Waals surface area contributed by atoms with Crippen molar-refractivity contribution in [1.82, 2.24) is 10.2 Å². The second-order valence-corrected chi connectivity index (χ2v) is 6.69. The molecule has 0 aromatic heterocycles. The highest BCUT2D eigenvalue weighted by atomic mass is 32.2. The Labute approximate surface area is 111 Å². The molecule has 6 heteroatoms. The minimum absolute atomic E-state index is 0.164. The van der Waals surface area contributed by atoms with Crippen LogP contribution in [0.2, 0.25) is 0 Å². The van der Waals surface area contributed by atoms with E-state index >= 15 is 0 Å². The number of hydrogen-bond donors (Lipinski definition) is 1. The van der Waals surface area contributed by atoms with Crippen LogP contribution in [0.25, 0.3) is 0 Å². The Kier molecular flexibility index (Phi) is 5.14. The van der Waals surface area contributed by atoms with Crippen LogP contribution in [0.5, 0.6) is 0 Å². The van der Waals surface area contributed by atoms with Crippen LogP contribution in [-0.4, -0.2) is 65.4 Å². The van der Waals surface area contributed by atoms with Gasteiger partial charge in [0.25, 0.3) is 0 Å². The summed E-state index contributed by atoms with van der Waals surface area (Å²) in [6.07, 6.45) is 3.10. The lowest BCUT2D eigenvalue weighted by atomic mass is 10.2. The molecule has 1 aliphatic carbocycles. The molecule has 0 bridgehead atoms. The third-order valence-electron chi connectivity index (χ3n) is 3.50. The molecule has 2 fully saturated rings. The highest BCUT2D eigenvalue weighted by Crippen LogP contribution is 2.20. The SMILES string of the molecule is COC(=O)C(CCN1CCS(=O)CC1)NC1CC1. The molecule has 104 valence electrons. The normalized spacial score (nSPS) is 23.8. The predicted molar refractivity (Wildman–Crippen MR) is 70.9 cm³/mol. The van der Waals surface area contributed by atoms with Gasteiger partial charge in [0, 0.05) is 48.0 Å². The number of hydrogen-bond acceptors (Lipinski definition) is 5. The first kappa shape index (κ1) is 14.0. The van der Waals surface area contributed by atoms with Crippen molar-refractivity contribution in [3.05, 3.63) is 0 Å². The van der Waals surface area contributed by atoms with E-state index in [9.17, 15) is 9.00 Å². The highest BCUT2D eigenvalue weighted by molar-refractivity contribution is 7.85. The molecule has 0 aromatic carbocycles. The van der Waals surface area contributed by atoms with E-state index in [1.807, 2.05) is 0 Å². The Morgan fingerprint density at radius 3 is 2.67 bits per heavy atom. The second kappa shape index (κ2) is 6.63. The van der Waals surface area contributed by atoms with Gasteiger partial charge in [-0.1, -0.05) is 0 Å². The molecule has 0 aromatic rings. The maximum atomic E-state index is 11.6. The molecule has 0 amide bonds. The van der Waals surface area contributed by atoms with E-state index in [1.165, 1.54) is 7.11 Å². The molecular weight excluding hydrogens is 252 g/mol. The van der Waals surface area contributed by atoms with Gasteiger partial charge in [0.1, 0.15) is 6.04 Å². The van der Waals surface area contributed by atoms with Gasteiger partial charge >= 0.3 is 5.97 Å². The second-order valence-electron chi connectivity index (χ2n) is 5.00. The largest absolute Gasteiger partial charge is 0.468 e. The highest BCUT2D eigenvalue weighted by Gasteiger charge is 2.29. The number of carbonyl (C=O) groups is 1. The minimum Gasteiger partial charge on any atom is -0.468 e. The number of carbonyl (C=O) groups excluding carboxylic acids is 1. The molecule has 2 aliphatic rings. The fraction of sp³-hybridized carbons (Fsp3) is 0.917. The summed E-state index contributed by atoms with van der Waals surface area (Å²) in [5.41, 5.74) is 0. The van der Waals surface area contributed by atoms with E-state index < -0.39 is 10.8 Å². The van der Waals surface area contributed by atoms with Crippen LogP contribution < -0.4 is 5.32 Å². The van der Waals surface area contributed by atoms with Crippen molar-refractivity contribution in [2.75, 3.05) is 38.2 Å². The standard InChI is InChI=1S/C12H22N2O3S/c1-17-12(15)11(13-10-2-3-10)4-5-14-6-8-18(16)9-7-14/h10-11,13H,2-9H2,1H3. The van der Waals surface area contributed by atoms with Crippen LogP contribution in [0.15, 0.2) is 0 Å². The molecule has 1 saturated carbocycles. The van der Waals surface area contributed by atoms with Crippen LogP contribution in [0.4, 0.5) is 0 Å². The Bertz CT molecular complexity index is 310. The van der Waals surface area contributed by atoms with Crippen molar-refractivity contribution in [3.63, 3.8) is 0 Å². The zero-order valence-corrected chi connectivity index (χ0v) is 11.7. The average Bonchev–Trinajstić information content (AvgIpc) is 3.19. The Hall–Kier alpha value is -0.460. The van der Waals surface area contributed by atoms with E-state index in [0.717, 1.165) is 50.4 Å². The first-order chi connectivity index (χ1) is 8.69. The van der Waals surface area contributed by atoms with Gasteiger partial charge in [0.2, 0.25) is 0 Å². The van der Waals surface area contributed by atoms with Gasteiger partial charge < -0.3 is 15.0 Å². The molecule has 0 radical (unpaired) electrons. The van der Waals surface area contributed by atoms with Crippen LogP contribution >= 0.6 is 0 Å². The average molecular weight is 274 g/mol. The molecular formula is C12H22N2O3S. The van der Waals surface area contributed by atoms with Crippen LogP contribution in [-0.2, 0) is 20.3 Å². The fourth-order valence-electron chi connectivity index (χ4n) is 2.16.